The lowest BCUT2D eigenvalue weighted by Crippen LogP contribution is -2.40. The number of carbonyl (C=O) groups excluding carboxylic acids is 1. The Kier molecular flexibility index (Phi) is 2.92. The molecule has 4 heteroatoms. The number of carbonyl (C=O) groups is 1. The second-order valence-corrected chi connectivity index (χ2v) is 4.20. The number of nitrogens with zero attached hydrogens (tertiary/aromatic N) is 1. The number of nitrogens with two attached hydrogens (primary N) is 1. The van der Waals surface area contributed by atoms with E-state index in [1.165, 1.54) is 12.1 Å². The molecule has 0 spiro atoms. The average molecular weight is 222 g/mol. The zero-order chi connectivity index (χ0) is 11.7. The molecular formula is C12H15FN2O. The number of hydrogen-bond acceptors (Lipinski definition) is 2. The third-order valence-corrected chi connectivity index (χ3v) is 3.15. The molecule has 0 radical (unpaired) electrons. The molecule has 1 heterocycles. The van der Waals surface area contributed by atoms with Gasteiger partial charge in [-0.1, -0.05) is 6.07 Å². The first-order valence-corrected chi connectivity index (χ1v) is 5.41. The molecule has 1 aromatic rings. The van der Waals surface area contributed by atoms with Crippen LogP contribution in [0.25, 0.3) is 0 Å². The minimum absolute atomic E-state index is 0.0239. The van der Waals surface area contributed by atoms with Crippen LogP contribution in [-0.4, -0.2) is 29.4 Å². The first-order chi connectivity index (χ1) is 7.59. The lowest BCUT2D eigenvalue weighted by atomic mass is 10.1. The van der Waals surface area contributed by atoms with E-state index in [9.17, 15) is 9.18 Å². The Balaban J connectivity index is 2.20. The van der Waals surface area contributed by atoms with Crippen LogP contribution in [0.1, 0.15) is 23.7 Å². The normalized spacial score (nSPS) is 24.8. The summed E-state index contributed by atoms with van der Waals surface area (Å²) in [5.74, 6) is -0.526. The summed E-state index contributed by atoms with van der Waals surface area (Å²) in [5.41, 5.74) is 6.24. The number of likely N-dealkylation sites (tertiary alicyclic amines) is 1. The van der Waals surface area contributed by atoms with E-state index in [4.69, 9.17) is 5.73 Å². The number of halogens is 1. The van der Waals surface area contributed by atoms with Gasteiger partial charge >= 0.3 is 0 Å². The SMILES string of the molecule is CC1C(N)CCN1C(=O)c1cccc(F)c1. The van der Waals surface area contributed by atoms with Gasteiger partial charge in [0.1, 0.15) is 5.82 Å². The molecule has 86 valence electrons. The lowest BCUT2D eigenvalue weighted by molar-refractivity contribution is 0.0742. The maximum absolute atomic E-state index is 13.0. The van der Waals surface area contributed by atoms with Crippen LogP contribution in [0.15, 0.2) is 24.3 Å². The minimum Gasteiger partial charge on any atom is -0.334 e. The zero-order valence-electron chi connectivity index (χ0n) is 9.19. The Hall–Kier alpha value is -1.42. The van der Waals surface area contributed by atoms with Crippen LogP contribution in [0.4, 0.5) is 4.39 Å². The summed E-state index contributed by atoms with van der Waals surface area (Å²) >= 11 is 0. The molecule has 0 saturated carbocycles. The molecule has 1 aliphatic rings. The molecule has 2 unspecified atom stereocenters. The van der Waals surface area contributed by atoms with Gasteiger partial charge in [0.25, 0.3) is 5.91 Å². The molecule has 2 atom stereocenters. The molecule has 0 aromatic heterocycles. The standard InChI is InChI=1S/C12H15FN2O/c1-8-11(14)5-6-15(8)12(16)9-3-2-4-10(13)7-9/h2-4,7-8,11H,5-6,14H2,1H3. The van der Waals surface area contributed by atoms with Gasteiger partial charge in [0.05, 0.1) is 0 Å². The van der Waals surface area contributed by atoms with E-state index in [0.717, 1.165) is 6.42 Å². The summed E-state index contributed by atoms with van der Waals surface area (Å²) in [7, 11) is 0. The van der Waals surface area contributed by atoms with Crippen molar-refractivity contribution in [3.63, 3.8) is 0 Å². The summed E-state index contributed by atoms with van der Waals surface area (Å²) < 4.78 is 13.0. The maximum atomic E-state index is 13.0. The molecule has 2 rings (SSSR count). The van der Waals surface area contributed by atoms with Crippen LogP contribution < -0.4 is 5.73 Å². The maximum Gasteiger partial charge on any atom is 0.254 e. The third-order valence-electron chi connectivity index (χ3n) is 3.15. The first kappa shape index (κ1) is 11.1. The Morgan fingerprint density at radius 2 is 2.31 bits per heavy atom. The van der Waals surface area contributed by atoms with Crippen molar-refractivity contribution in [1.29, 1.82) is 0 Å². The second kappa shape index (κ2) is 4.22. The number of rotatable bonds is 1. The topological polar surface area (TPSA) is 46.3 Å². The van der Waals surface area contributed by atoms with Crippen LogP contribution >= 0.6 is 0 Å². The highest BCUT2D eigenvalue weighted by molar-refractivity contribution is 5.94. The molecule has 1 amide bonds. The Labute approximate surface area is 94.0 Å². The van der Waals surface area contributed by atoms with Crippen LogP contribution in [0.5, 0.6) is 0 Å². The van der Waals surface area contributed by atoms with Crippen molar-refractivity contribution in [3.8, 4) is 0 Å². The van der Waals surface area contributed by atoms with E-state index in [1.54, 1.807) is 17.0 Å². The largest absolute Gasteiger partial charge is 0.334 e. The van der Waals surface area contributed by atoms with E-state index in [1.807, 2.05) is 6.92 Å². The van der Waals surface area contributed by atoms with Crippen molar-refractivity contribution in [2.45, 2.75) is 25.4 Å². The highest BCUT2D eigenvalue weighted by Crippen LogP contribution is 2.19. The molecule has 16 heavy (non-hydrogen) atoms. The van der Waals surface area contributed by atoms with E-state index in [-0.39, 0.29) is 23.8 Å². The monoisotopic (exact) mass is 222 g/mol. The van der Waals surface area contributed by atoms with E-state index >= 15 is 0 Å². The summed E-state index contributed by atoms with van der Waals surface area (Å²) in [6.45, 7) is 2.58. The van der Waals surface area contributed by atoms with E-state index in [2.05, 4.69) is 0 Å². The van der Waals surface area contributed by atoms with Crippen molar-refractivity contribution < 1.29 is 9.18 Å². The van der Waals surface area contributed by atoms with Crippen molar-refractivity contribution in [2.24, 2.45) is 5.73 Å². The summed E-state index contributed by atoms with van der Waals surface area (Å²) in [6.07, 6.45) is 0.808. The Morgan fingerprint density at radius 3 is 2.88 bits per heavy atom. The summed E-state index contributed by atoms with van der Waals surface area (Å²) in [6, 6.07) is 5.81. The van der Waals surface area contributed by atoms with Crippen LogP contribution in [-0.2, 0) is 0 Å². The van der Waals surface area contributed by atoms with Gasteiger partial charge in [-0.05, 0) is 31.5 Å². The number of amides is 1. The Morgan fingerprint density at radius 1 is 1.56 bits per heavy atom. The van der Waals surface area contributed by atoms with Gasteiger partial charge in [0.2, 0.25) is 0 Å². The van der Waals surface area contributed by atoms with Gasteiger partial charge in [0.15, 0.2) is 0 Å². The smallest absolute Gasteiger partial charge is 0.254 e. The lowest BCUT2D eigenvalue weighted by Gasteiger charge is -2.23. The van der Waals surface area contributed by atoms with Gasteiger partial charge in [-0.25, -0.2) is 4.39 Å². The predicted molar refractivity (Wildman–Crippen MR) is 59.5 cm³/mol. The van der Waals surface area contributed by atoms with Gasteiger partial charge in [-0.3, -0.25) is 4.79 Å². The predicted octanol–water partition coefficient (Wildman–Crippen LogP) is 1.39. The van der Waals surface area contributed by atoms with Gasteiger partial charge in [0, 0.05) is 24.2 Å². The molecule has 1 aliphatic heterocycles. The second-order valence-electron chi connectivity index (χ2n) is 4.20. The fourth-order valence-electron chi connectivity index (χ4n) is 2.04. The molecule has 0 aliphatic carbocycles. The molecular weight excluding hydrogens is 207 g/mol. The number of hydrogen-bond donors (Lipinski definition) is 1. The van der Waals surface area contributed by atoms with Crippen LogP contribution in [0, 0.1) is 5.82 Å². The molecule has 0 bridgehead atoms. The fourth-order valence-corrected chi connectivity index (χ4v) is 2.04. The van der Waals surface area contributed by atoms with Gasteiger partial charge in [-0.2, -0.15) is 0 Å². The summed E-state index contributed by atoms with van der Waals surface area (Å²) in [4.78, 5) is 13.8. The number of benzene rings is 1. The van der Waals surface area contributed by atoms with Crippen molar-refractivity contribution in [1.82, 2.24) is 4.90 Å². The highest BCUT2D eigenvalue weighted by atomic mass is 19.1. The average Bonchev–Trinajstić information content (AvgIpc) is 2.59. The van der Waals surface area contributed by atoms with Gasteiger partial charge in [-0.15, -0.1) is 0 Å². The van der Waals surface area contributed by atoms with Crippen molar-refractivity contribution in [2.75, 3.05) is 6.54 Å². The van der Waals surface area contributed by atoms with Crippen LogP contribution in [0.2, 0.25) is 0 Å². The zero-order valence-corrected chi connectivity index (χ0v) is 9.19. The molecule has 1 aromatic carbocycles. The molecule has 2 N–H and O–H groups in total. The molecule has 1 fully saturated rings. The third kappa shape index (κ3) is 1.93. The Bertz CT molecular complexity index is 408. The molecule has 1 saturated heterocycles. The fraction of sp³-hybridized carbons (Fsp3) is 0.417. The van der Waals surface area contributed by atoms with Crippen molar-refractivity contribution in [3.05, 3.63) is 35.6 Å². The van der Waals surface area contributed by atoms with E-state index < -0.39 is 0 Å². The van der Waals surface area contributed by atoms with Gasteiger partial charge < -0.3 is 10.6 Å². The van der Waals surface area contributed by atoms with Crippen LogP contribution in [0.3, 0.4) is 0 Å². The minimum atomic E-state index is -0.387. The quantitative estimate of drug-likeness (QED) is 0.780. The van der Waals surface area contributed by atoms with Crippen molar-refractivity contribution >= 4 is 5.91 Å². The van der Waals surface area contributed by atoms with E-state index in [0.29, 0.717) is 12.1 Å². The summed E-state index contributed by atoms with van der Waals surface area (Å²) in [5, 5.41) is 0. The first-order valence-electron chi connectivity index (χ1n) is 5.41. The molecule has 3 nitrogen and oxygen atoms in total. The highest BCUT2D eigenvalue weighted by Gasteiger charge is 2.31.